The van der Waals surface area contributed by atoms with Gasteiger partial charge in [-0.2, -0.15) is 0 Å². The van der Waals surface area contributed by atoms with Crippen LogP contribution in [0.15, 0.2) is 36.4 Å². The van der Waals surface area contributed by atoms with Gasteiger partial charge in [0.1, 0.15) is 17.2 Å². The van der Waals surface area contributed by atoms with Crippen LogP contribution in [0.3, 0.4) is 0 Å². The van der Waals surface area contributed by atoms with Gasteiger partial charge < -0.3 is 24.3 Å². The lowest BCUT2D eigenvalue weighted by atomic mass is 10.0. The molecular weight excluding hydrogens is 394 g/mol. The highest BCUT2D eigenvalue weighted by atomic mass is 16.5. The molecule has 1 aliphatic carbocycles. The van der Waals surface area contributed by atoms with Crippen LogP contribution in [0.4, 0.5) is 5.69 Å². The molecule has 0 bridgehead atoms. The minimum absolute atomic E-state index is 0.352. The molecule has 1 fully saturated rings. The van der Waals surface area contributed by atoms with Gasteiger partial charge in [-0.15, -0.1) is 0 Å². The molecule has 0 radical (unpaired) electrons. The zero-order chi connectivity index (χ0) is 22.1. The number of hydrogen-bond donors (Lipinski definition) is 1. The normalized spacial score (nSPS) is 14.4. The fraction of sp³-hybridized carbons (Fsp3) is 0.480. The van der Waals surface area contributed by atoms with Crippen molar-refractivity contribution in [2.24, 2.45) is 5.92 Å². The van der Waals surface area contributed by atoms with Crippen LogP contribution in [-0.4, -0.2) is 33.9 Å². The van der Waals surface area contributed by atoms with Crippen LogP contribution < -0.4 is 19.5 Å². The average Bonchev–Trinajstić information content (AvgIpc) is 3.09. The molecular formula is C25H33NO5. The monoisotopic (exact) mass is 427 g/mol. The van der Waals surface area contributed by atoms with E-state index in [9.17, 15) is 4.79 Å². The minimum Gasteiger partial charge on any atom is -0.496 e. The van der Waals surface area contributed by atoms with E-state index in [1.165, 1.54) is 45.6 Å². The topological polar surface area (TPSA) is 66.0 Å². The summed E-state index contributed by atoms with van der Waals surface area (Å²) in [7, 11) is 4.67. The van der Waals surface area contributed by atoms with Crippen molar-refractivity contribution in [3.8, 4) is 17.2 Å². The van der Waals surface area contributed by atoms with E-state index in [1.54, 1.807) is 26.4 Å². The zero-order valence-corrected chi connectivity index (χ0v) is 18.7. The molecule has 0 amide bonds. The Labute approximate surface area is 184 Å². The van der Waals surface area contributed by atoms with Crippen molar-refractivity contribution in [1.82, 2.24) is 0 Å². The molecule has 0 heterocycles. The van der Waals surface area contributed by atoms with Crippen molar-refractivity contribution in [2.45, 2.75) is 45.1 Å². The summed E-state index contributed by atoms with van der Waals surface area (Å²) in [4.78, 5) is 11.6. The summed E-state index contributed by atoms with van der Waals surface area (Å²) in [6, 6.07) is 11.0. The van der Waals surface area contributed by atoms with Crippen LogP contribution in [0, 0.1) is 5.92 Å². The molecule has 0 unspecified atom stereocenters. The van der Waals surface area contributed by atoms with Crippen molar-refractivity contribution < 1.29 is 23.7 Å². The van der Waals surface area contributed by atoms with Gasteiger partial charge in [-0.3, -0.25) is 0 Å². The first kappa shape index (κ1) is 22.8. The third-order valence-electron chi connectivity index (χ3n) is 5.82. The third-order valence-corrected chi connectivity index (χ3v) is 5.82. The van der Waals surface area contributed by atoms with Crippen molar-refractivity contribution in [3.63, 3.8) is 0 Å². The smallest absolute Gasteiger partial charge is 0.337 e. The van der Waals surface area contributed by atoms with Gasteiger partial charge >= 0.3 is 5.97 Å². The molecule has 168 valence electrons. The molecule has 0 atom stereocenters. The molecule has 0 spiro atoms. The van der Waals surface area contributed by atoms with Gasteiger partial charge in [0.05, 0.1) is 39.1 Å². The summed E-state index contributed by atoms with van der Waals surface area (Å²) >= 11 is 0. The third kappa shape index (κ3) is 6.29. The minimum atomic E-state index is -0.352. The lowest BCUT2D eigenvalue weighted by Gasteiger charge is -2.19. The first-order valence-corrected chi connectivity index (χ1v) is 10.9. The number of benzene rings is 2. The Hall–Kier alpha value is -2.89. The molecule has 1 N–H and O–H groups in total. The summed E-state index contributed by atoms with van der Waals surface area (Å²) in [5.74, 6) is 2.47. The van der Waals surface area contributed by atoms with Crippen molar-refractivity contribution >= 4 is 11.7 Å². The zero-order valence-electron chi connectivity index (χ0n) is 18.7. The number of nitrogens with one attached hydrogen (secondary N) is 1. The Balaban J connectivity index is 1.67. The summed E-state index contributed by atoms with van der Waals surface area (Å²) in [6.07, 6.45) is 7.75. The van der Waals surface area contributed by atoms with E-state index in [-0.39, 0.29) is 5.97 Å². The van der Waals surface area contributed by atoms with Crippen LogP contribution in [0.5, 0.6) is 17.2 Å². The van der Waals surface area contributed by atoms with Crippen molar-refractivity contribution in [3.05, 3.63) is 47.5 Å². The molecule has 3 rings (SSSR count). The summed E-state index contributed by atoms with van der Waals surface area (Å²) in [5.41, 5.74) is 2.30. The molecule has 6 nitrogen and oxygen atoms in total. The highest BCUT2D eigenvalue weighted by Crippen LogP contribution is 2.35. The Morgan fingerprint density at radius 1 is 0.935 bits per heavy atom. The second-order valence-corrected chi connectivity index (χ2v) is 7.90. The predicted molar refractivity (Wildman–Crippen MR) is 121 cm³/mol. The Morgan fingerprint density at radius 3 is 2.10 bits per heavy atom. The molecule has 2 aromatic carbocycles. The molecule has 0 saturated heterocycles. The van der Waals surface area contributed by atoms with Crippen LogP contribution in [-0.2, 0) is 11.3 Å². The van der Waals surface area contributed by atoms with Gasteiger partial charge in [0, 0.05) is 24.4 Å². The molecule has 0 aromatic heterocycles. The Bertz CT molecular complexity index is 816. The Kier molecular flexibility index (Phi) is 8.44. The van der Waals surface area contributed by atoms with E-state index in [0.717, 1.165) is 23.6 Å². The fourth-order valence-corrected chi connectivity index (χ4v) is 3.99. The standard InChI is InChI=1S/C25H33NO5/c1-28-23-14-21(31-17-18-8-6-4-5-7-9-18)15-24(29-2)22(23)16-26-20-12-10-19(11-13-20)25(27)30-3/h10-15,18,26H,4-9,16-17H2,1-3H3. The van der Waals surface area contributed by atoms with Gasteiger partial charge in [-0.1, -0.05) is 25.7 Å². The fourth-order valence-electron chi connectivity index (χ4n) is 3.99. The number of ether oxygens (including phenoxy) is 4. The van der Waals surface area contributed by atoms with Crippen molar-refractivity contribution in [2.75, 3.05) is 33.3 Å². The maximum atomic E-state index is 11.6. The summed E-state index contributed by atoms with van der Waals surface area (Å²) in [5, 5.41) is 3.35. The predicted octanol–water partition coefficient (Wildman–Crippen LogP) is 5.45. The number of methoxy groups -OCH3 is 3. The van der Waals surface area contributed by atoms with Crippen LogP contribution in [0.25, 0.3) is 0 Å². The molecule has 6 heteroatoms. The highest BCUT2D eigenvalue weighted by molar-refractivity contribution is 5.89. The van der Waals surface area contributed by atoms with Gasteiger partial charge in [-0.25, -0.2) is 4.79 Å². The summed E-state index contributed by atoms with van der Waals surface area (Å²) in [6.45, 7) is 1.24. The number of anilines is 1. The largest absolute Gasteiger partial charge is 0.496 e. The molecule has 31 heavy (non-hydrogen) atoms. The average molecular weight is 428 g/mol. The van der Waals surface area contributed by atoms with Crippen LogP contribution in [0.1, 0.15) is 54.4 Å². The molecule has 2 aromatic rings. The van der Waals surface area contributed by atoms with E-state index in [4.69, 9.17) is 18.9 Å². The number of carbonyl (C=O) groups excluding carboxylic acids is 1. The maximum Gasteiger partial charge on any atom is 0.337 e. The lowest BCUT2D eigenvalue weighted by Crippen LogP contribution is -2.12. The number of carbonyl (C=O) groups is 1. The van der Waals surface area contributed by atoms with Crippen molar-refractivity contribution in [1.29, 1.82) is 0 Å². The second-order valence-electron chi connectivity index (χ2n) is 7.90. The Morgan fingerprint density at radius 2 is 1.55 bits per heavy atom. The number of esters is 1. The quantitative estimate of drug-likeness (QED) is 0.424. The molecule has 0 aliphatic heterocycles. The lowest BCUT2D eigenvalue weighted by molar-refractivity contribution is 0.0601. The maximum absolute atomic E-state index is 11.6. The van der Waals surface area contributed by atoms with Gasteiger partial charge in [0.2, 0.25) is 0 Å². The number of hydrogen-bond acceptors (Lipinski definition) is 6. The van der Waals surface area contributed by atoms with E-state index >= 15 is 0 Å². The molecule has 1 saturated carbocycles. The van der Waals surface area contributed by atoms with Gasteiger partial charge in [-0.05, 0) is 43.0 Å². The first-order valence-electron chi connectivity index (χ1n) is 10.9. The number of rotatable bonds is 9. The first-order chi connectivity index (χ1) is 15.1. The van der Waals surface area contributed by atoms with E-state index in [0.29, 0.717) is 29.5 Å². The van der Waals surface area contributed by atoms with E-state index in [1.807, 2.05) is 24.3 Å². The van der Waals surface area contributed by atoms with Crippen LogP contribution >= 0.6 is 0 Å². The van der Waals surface area contributed by atoms with E-state index in [2.05, 4.69) is 5.32 Å². The van der Waals surface area contributed by atoms with Gasteiger partial charge in [0.15, 0.2) is 0 Å². The van der Waals surface area contributed by atoms with Crippen LogP contribution in [0.2, 0.25) is 0 Å². The molecule has 1 aliphatic rings. The van der Waals surface area contributed by atoms with E-state index < -0.39 is 0 Å². The second kappa shape index (κ2) is 11.5. The SMILES string of the molecule is COC(=O)c1ccc(NCc2c(OC)cc(OCC3CCCCCC3)cc2OC)cc1. The highest BCUT2D eigenvalue weighted by Gasteiger charge is 2.16. The summed E-state index contributed by atoms with van der Waals surface area (Å²) < 4.78 is 22.1. The van der Waals surface area contributed by atoms with Gasteiger partial charge in [0.25, 0.3) is 0 Å².